The molecule has 130 valence electrons. The monoisotopic (exact) mass is 350 g/mol. The molecule has 24 heavy (non-hydrogen) atoms. The number of hydrogen-bond donors (Lipinski definition) is 1. The van der Waals surface area contributed by atoms with Crippen molar-refractivity contribution in [2.45, 2.75) is 50.1 Å². The fourth-order valence-electron chi connectivity index (χ4n) is 2.81. The summed E-state index contributed by atoms with van der Waals surface area (Å²) in [4.78, 5) is 23.9. The first-order valence-electron chi connectivity index (χ1n) is 8.02. The van der Waals surface area contributed by atoms with Crippen molar-refractivity contribution < 1.29 is 9.47 Å². The van der Waals surface area contributed by atoms with Crippen LogP contribution in [0.1, 0.15) is 43.3 Å². The summed E-state index contributed by atoms with van der Waals surface area (Å²) in [6.45, 7) is 4.33. The number of rotatable bonds is 7. The summed E-state index contributed by atoms with van der Waals surface area (Å²) in [5.74, 6) is 1.17. The van der Waals surface area contributed by atoms with Gasteiger partial charge < -0.3 is 19.0 Å². The van der Waals surface area contributed by atoms with Crippen LogP contribution in [0.4, 0.5) is 0 Å². The molecule has 0 bridgehead atoms. The van der Waals surface area contributed by atoms with Crippen molar-refractivity contribution in [3.8, 4) is 5.88 Å². The van der Waals surface area contributed by atoms with Gasteiger partial charge in [-0.05, 0) is 33.1 Å². The van der Waals surface area contributed by atoms with Crippen LogP contribution in [0.2, 0.25) is 0 Å². The number of H-pyrrole nitrogens is 1. The summed E-state index contributed by atoms with van der Waals surface area (Å²) in [5, 5.41) is 0.648. The molecule has 1 N–H and O–H groups in total. The standard InChI is InChI=1S/C16H22N4O3S/c1-10(2)20-8-17-15(23-9-22-3)13(20)7-24-16-18-12-6-4-5-11(12)14(21)19-16/h8,10H,4-7,9H2,1-3H3,(H,18,19,21). The molecule has 8 heteroatoms. The van der Waals surface area contributed by atoms with E-state index in [9.17, 15) is 4.79 Å². The van der Waals surface area contributed by atoms with Crippen LogP contribution in [-0.2, 0) is 23.3 Å². The number of aromatic amines is 1. The van der Waals surface area contributed by atoms with Crippen molar-refractivity contribution in [2.75, 3.05) is 13.9 Å². The second-order valence-corrected chi connectivity index (χ2v) is 6.95. The van der Waals surface area contributed by atoms with E-state index >= 15 is 0 Å². The Morgan fingerprint density at radius 2 is 2.25 bits per heavy atom. The van der Waals surface area contributed by atoms with Crippen LogP contribution in [0.25, 0.3) is 0 Å². The SMILES string of the molecule is COCOc1ncn(C(C)C)c1CSc1nc2c(c(=O)[nH]1)CCC2. The normalized spacial score (nSPS) is 13.5. The first-order chi connectivity index (χ1) is 11.6. The number of hydrogen-bond acceptors (Lipinski definition) is 6. The Hall–Kier alpha value is -1.80. The minimum absolute atomic E-state index is 0.00627. The molecule has 0 amide bonds. The number of methoxy groups -OCH3 is 1. The first-order valence-corrected chi connectivity index (χ1v) is 9.01. The van der Waals surface area contributed by atoms with E-state index in [1.807, 2.05) is 0 Å². The smallest absolute Gasteiger partial charge is 0.254 e. The highest BCUT2D eigenvalue weighted by Crippen LogP contribution is 2.28. The number of ether oxygens (including phenoxy) is 2. The molecule has 0 unspecified atom stereocenters. The van der Waals surface area contributed by atoms with E-state index in [2.05, 4.69) is 33.4 Å². The fraction of sp³-hybridized carbons (Fsp3) is 0.562. The quantitative estimate of drug-likeness (QED) is 0.469. The molecule has 2 heterocycles. The van der Waals surface area contributed by atoms with E-state index in [-0.39, 0.29) is 18.4 Å². The van der Waals surface area contributed by atoms with Gasteiger partial charge in [-0.2, -0.15) is 0 Å². The summed E-state index contributed by atoms with van der Waals surface area (Å²) < 4.78 is 12.6. The number of aromatic nitrogens is 4. The first kappa shape index (κ1) is 17.0. The van der Waals surface area contributed by atoms with Crippen LogP contribution >= 0.6 is 11.8 Å². The molecular formula is C16H22N4O3S. The van der Waals surface area contributed by atoms with Gasteiger partial charge in [0.05, 0.1) is 17.7 Å². The summed E-state index contributed by atoms with van der Waals surface area (Å²) in [6, 6.07) is 0.264. The number of nitrogens with zero attached hydrogens (tertiary/aromatic N) is 3. The van der Waals surface area contributed by atoms with Crippen molar-refractivity contribution in [3.05, 3.63) is 33.6 Å². The lowest BCUT2D eigenvalue weighted by molar-refractivity contribution is 0.0474. The van der Waals surface area contributed by atoms with E-state index in [1.54, 1.807) is 13.4 Å². The van der Waals surface area contributed by atoms with Gasteiger partial charge in [-0.15, -0.1) is 0 Å². The molecule has 0 fully saturated rings. The molecular weight excluding hydrogens is 328 g/mol. The largest absolute Gasteiger partial charge is 0.449 e. The van der Waals surface area contributed by atoms with E-state index in [0.29, 0.717) is 16.8 Å². The van der Waals surface area contributed by atoms with Gasteiger partial charge in [0.25, 0.3) is 5.56 Å². The van der Waals surface area contributed by atoms with Crippen LogP contribution in [0.3, 0.4) is 0 Å². The van der Waals surface area contributed by atoms with E-state index in [0.717, 1.165) is 36.2 Å². The number of nitrogens with one attached hydrogen (secondary N) is 1. The summed E-state index contributed by atoms with van der Waals surface area (Å²) >= 11 is 1.49. The lowest BCUT2D eigenvalue weighted by Gasteiger charge is -2.13. The molecule has 7 nitrogen and oxygen atoms in total. The Labute approximate surface area is 144 Å². The molecule has 0 saturated carbocycles. The predicted molar refractivity (Wildman–Crippen MR) is 91.6 cm³/mol. The van der Waals surface area contributed by atoms with Gasteiger partial charge in [-0.1, -0.05) is 11.8 Å². The maximum atomic E-state index is 12.1. The Morgan fingerprint density at radius 1 is 1.42 bits per heavy atom. The zero-order chi connectivity index (χ0) is 17.1. The Bertz CT molecular complexity index is 769. The molecule has 2 aromatic heterocycles. The van der Waals surface area contributed by atoms with Crippen LogP contribution in [0.15, 0.2) is 16.3 Å². The Kier molecular flexibility index (Phi) is 5.25. The highest BCUT2D eigenvalue weighted by molar-refractivity contribution is 7.98. The minimum atomic E-state index is -0.00627. The molecule has 0 spiro atoms. The maximum absolute atomic E-state index is 12.1. The third-order valence-corrected chi connectivity index (χ3v) is 4.88. The van der Waals surface area contributed by atoms with Crippen LogP contribution in [0.5, 0.6) is 5.88 Å². The van der Waals surface area contributed by atoms with Crippen molar-refractivity contribution in [3.63, 3.8) is 0 Å². The van der Waals surface area contributed by atoms with E-state index < -0.39 is 0 Å². The number of thioether (sulfide) groups is 1. The molecule has 0 radical (unpaired) electrons. The second-order valence-electron chi connectivity index (χ2n) is 5.99. The van der Waals surface area contributed by atoms with Gasteiger partial charge in [0.2, 0.25) is 5.88 Å². The summed E-state index contributed by atoms with van der Waals surface area (Å²) in [5.41, 5.74) is 2.73. The Balaban J connectivity index is 1.80. The van der Waals surface area contributed by atoms with Gasteiger partial charge in [-0.3, -0.25) is 4.79 Å². The lowest BCUT2D eigenvalue weighted by atomic mass is 10.3. The average molecular weight is 350 g/mol. The van der Waals surface area contributed by atoms with Gasteiger partial charge in [-0.25, -0.2) is 9.97 Å². The van der Waals surface area contributed by atoms with Crippen molar-refractivity contribution in [1.82, 2.24) is 19.5 Å². The number of fused-ring (bicyclic) bond motifs is 1. The number of aryl methyl sites for hydroxylation is 1. The molecule has 1 aliphatic carbocycles. The third kappa shape index (κ3) is 3.49. The molecule has 0 aromatic carbocycles. The fourth-order valence-corrected chi connectivity index (χ4v) is 3.70. The van der Waals surface area contributed by atoms with Gasteiger partial charge in [0, 0.05) is 24.5 Å². The molecule has 1 aliphatic rings. The molecule has 0 aliphatic heterocycles. The predicted octanol–water partition coefficient (Wildman–Crippen LogP) is 2.31. The van der Waals surface area contributed by atoms with E-state index in [4.69, 9.17) is 9.47 Å². The molecule has 0 atom stereocenters. The topological polar surface area (TPSA) is 82.0 Å². The van der Waals surface area contributed by atoms with E-state index in [1.165, 1.54) is 11.8 Å². The maximum Gasteiger partial charge on any atom is 0.254 e. The van der Waals surface area contributed by atoms with Crippen LogP contribution in [0, 0.1) is 0 Å². The third-order valence-electron chi connectivity index (χ3n) is 3.99. The molecule has 2 aromatic rings. The highest BCUT2D eigenvalue weighted by atomic mass is 32.2. The van der Waals surface area contributed by atoms with Crippen molar-refractivity contribution in [1.29, 1.82) is 0 Å². The number of imidazole rings is 1. The second kappa shape index (κ2) is 7.40. The lowest BCUT2D eigenvalue weighted by Crippen LogP contribution is -2.15. The van der Waals surface area contributed by atoms with Gasteiger partial charge >= 0.3 is 0 Å². The van der Waals surface area contributed by atoms with Crippen molar-refractivity contribution >= 4 is 11.8 Å². The molecule has 0 saturated heterocycles. The average Bonchev–Trinajstić information content (AvgIpc) is 3.17. The minimum Gasteiger partial charge on any atom is -0.449 e. The van der Waals surface area contributed by atoms with Gasteiger partial charge in [0.1, 0.15) is 0 Å². The Morgan fingerprint density at radius 3 is 3.00 bits per heavy atom. The van der Waals surface area contributed by atoms with Crippen molar-refractivity contribution in [2.24, 2.45) is 0 Å². The zero-order valence-corrected chi connectivity index (χ0v) is 15.0. The highest BCUT2D eigenvalue weighted by Gasteiger charge is 2.19. The van der Waals surface area contributed by atoms with Gasteiger partial charge in [0.15, 0.2) is 11.9 Å². The summed E-state index contributed by atoms with van der Waals surface area (Å²) in [7, 11) is 1.58. The zero-order valence-electron chi connectivity index (χ0n) is 14.2. The summed E-state index contributed by atoms with van der Waals surface area (Å²) in [6.07, 6.45) is 4.50. The molecule has 3 rings (SSSR count). The van der Waals surface area contributed by atoms with Crippen LogP contribution in [-0.4, -0.2) is 33.4 Å². The van der Waals surface area contributed by atoms with Crippen LogP contribution < -0.4 is 10.3 Å².